The number of amides is 1. The van der Waals surface area contributed by atoms with Crippen LogP contribution in [0.15, 0.2) is 23.0 Å². The molecule has 0 bridgehead atoms. The van der Waals surface area contributed by atoms with E-state index >= 15 is 0 Å². The molecule has 0 radical (unpaired) electrons. The Balaban J connectivity index is 1.68. The van der Waals surface area contributed by atoms with E-state index in [-0.39, 0.29) is 33.8 Å². The van der Waals surface area contributed by atoms with E-state index in [0.29, 0.717) is 22.4 Å². The molecule has 2 N–H and O–H groups in total. The maximum atomic E-state index is 13.0. The monoisotopic (exact) mass is 359 g/mol. The Bertz CT molecular complexity index is 977. The van der Waals surface area contributed by atoms with Gasteiger partial charge in [-0.1, -0.05) is 13.8 Å². The van der Waals surface area contributed by atoms with Gasteiger partial charge in [0.25, 0.3) is 11.5 Å². The number of carbonyl (C=O) groups excluding carboxylic acids is 1. The van der Waals surface area contributed by atoms with Gasteiger partial charge in [0.2, 0.25) is 0 Å². The second-order valence-electron chi connectivity index (χ2n) is 7.59. The number of nitrogens with zero attached hydrogens (tertiary/aromatic N) is 1. The van der Waals surface area contributed by atoms with E-state index in [4.69, 9.17) is 17.0 Å². The van der Waals surface area contributed by atoms with Gasteiger partial charge >= 0.3 is 0 Å². The normalized spacial score (nSPS) is 26.9. The van der Waals surface area contributed by atoms with E-state index in [1.54, 1.807) is 18.2 Å². The van der Waals surface area contributed by atoms with Crippen molar-refractivity contribution in [3.05, 3.63) is 38.9 Å². The Morgan fingerprint density at radius 1 is 1.36 bits per heavy atom. The van der Waals surface area contributed by atoms with Crippen molar-refractivity contribution < 1.29 is 9.53 Å². The van der Waals surface area contributed by atoms with Crippen LogP contribution in [0.25, 0.3) is 10.9 Å². The maximum Gasteiger partial charge on any atom is 0.259 e. The van der Waals surface area contributed by atoms with Gasteiger partial charge in [-0.25, -0.2) is 0 Å². The first kappa shape index (κ1) is 16.5. The van der Waals surface area contributed by atoms with Crippen LogP contribution in [0.4, 0.5) is 0 Å². The number of fused-ring (bicyclic) bond motifs is 2. The minimum absolute atomic E-state index is 0.0510. The lowest BCUT2D eigenvalue weighted by molar-refractivity contribution is -0.139. The van der Waals surface area contributed by atoms with Gasteiger partial charge < -0.3 is 14.6 Å². The first-order chi connectivity index (χ1) is 11.8. The summed E-state index contributed by atoms with van der Waals surface area (Å²) in [6.45, 7) is 5.09. The van der Waals surface area contributed by atoms with Gasteiger partial charge in [-0.2, -0.15) is 0 Å². The summed E-state index contributed by atoms with van der Waals surface area (Å²) in [6.07, 6.45) is 1.23. The highest BCUT2D eigenvalue weighted by Gasteiger charge is 2.61. The molecule has 1 aromatic carbocycles. The summed E-state index contributed by atoms with van der Waals surface area (Å²) in [5, 5.41) is 0.487. The summed E-state index contributed by atoms with van der Waals surface area (Å²) in [6, 6.07) is 5.21. The first-order valence-electron chi connectivity index (χ1n) is 8.46. The van der Waals surface area contributed by atoms with Crippen LogP contribution in [0.3, 0.4) is 0 Å². The molecule has 2 heterocycles. The van der Waals surface area contributed by atoms with Gasteiger partial charge in [-0.05, 0) is 36.8 Å². The smallest absolute Gasteiger partial charge is 0.259 e. The molecule has 7 heteroatoms. The van der Waals surface area contributed by atoms with Crippen LogP contribution < -0.4 is 5.56 Å². The van der Waals surface area contributed by atoms with Crippen molar-refractivity contribution in [3.63, 3.8) is 0 Å². The number of nitrogens with one attached hydrogen (secondary N) is 2. The molecule has 1 aliphatic carbocycles. The fourth-order valence-corrected chi connectivity index (χ4v) is 4.92. The lowest BCUT2D eigenvalue weighted by Gasteiger charge is -2.57. The van der Waals surface area contributed by atoms with Crippen LogP contribution in [0, 0.1) is 16.1 Å². The van der Waals surface area contributed by atoms with Crippen molar-refractivity contribution in [2.75, 3.05) is 13.7 Å². The number of carbonyl (C=O) groups is 1. The third-order valence-corrected chi connectivity index (χ3v) is 5.97. The van der Waals surface area contributed by atoms with Crippen molar-refractivity contribution in [1.29, 1.82) is 0 Å². The molecule has 1 saturated heterocycles. The quantitative estimate of drug-likeness (QED) is 0.808. The molecule has 4 rings (SSSR count). The second-order valence-corrected chi connectivity index (χ2v) is 8.00. The third kappa shape index (κ3) is 2.37. The number of hydrogen-bond acceptors (Lipinski definition) is 4. The molecule has 1 aromatic heterocycles. The van der Waals surface area contributed by atoms with Gasteiger partial charge in [-0.3, -0.25) is 14.6 Å². The Morgan fingerprint density at radius 2 is 2.12 bits per heavy atom. The molecule has 1 saturated carbocycles. The summed E-state index contributed by atoms with van der Waals surface area (Å²) in [4.78, 5) is 32.3. The standard InChI is InChI=1S/C18H21N3O3S/c1-18(2)13(11-6-7-24-14(11)18)21(3)16(23)9-4-5-10-12(8-9)19-17(25)20-15(10)22/h4-5,8,11,13-14H,6-7H2,1-3H3,(H2,19,20,22,25). The number of rotatable bonds is 2. The van der Waals surface area contributed by atoms with Gasteiger partial charge in [0.15, 0.2) is 4.77 Å². The molecule has 2 aliphatic rings. The Hall–Kier alpha value is -1.99. The van der Waals surface area contributed by atoms with Crippen LogP contribution in [-0.4, -0.2) is 46.6 Å². The van der Waals surface area contributed by atoms with Crippen LogP contribution in [0.1, 0.15) is 30.6 Å². The summed E-state index contributed by atoms with van der Waals surface area (Å²) >= 11 is 5.02. The van der Waals surface area contributed by atoms with E-state index < -0.39 is 0 Å². The molecule has 3 unspecified atom stereocenters. The highest BCUT2D eigenvalue weighted by Crippen LogP contribution is 2.54. The fourth-order valence-electron chi connectivity index (χ4n) is 4.72. The van der Waals surface area contributed by atoms with Crippen molar-refractivity contribution in [2.24, 2.45) is 11.3 Å². The van der Waals surface area contributed by atoms with Gasteiger partial charge in [0.1, 0.15) is 0 Å². The first-order valence-corrected chi connectivity index (χ1v) is 8.86. The number of aromatic amines is 2. The largest absolute Gasteiger partial charge is 0.377 e. The molecule has 3 atom stereocenters. The zero-order chi connectivity index (χ0) is 17.9. The molecule has 132 valence electrons. The maximum absolute atomic E-state index is 13.0. The lowest BCUT2D eigenvalue weighted by Crippen LogP contribution is -2.66. The molecular formula is C18H21N3O3S. The van der Waals surface area contributed by atoms with Crippen molar-refractivity contribution in [3.8, 4) is 0 Å². The molecule has 1 amide bonds. The number of hydrogen-bond donors (Lipinski definition) is 2. The van der Waals surface area contributed by atoms with Gasteiger partial charge in [0, 0.05) is 36.6 Å². The minimum atomic E-state index is -0.253. The molecule has 25 heavy (non-hydrogen) atoms. The molecule has 1 aliphatic heterocycles. The zero-order valence-electron chi connectivity index (χ0n) is 14.5. The average molecular weight is 359 g/mol. The summed E-state index contributed by atoms with van der Waals surface area (Å²) < 4.78 is 6.08. The highest BCUT2D eigenvalue weighted by molar-refractivity contribution is 7.71. The predicted octanol–water partition coefficient (Wildman–Crippen LogP) is 2.47. The van der Waals surface area contributed by atoms with Crippen molar-refractivity contribution in [1.82, 2.24) is 14.9 Å². The number of benzene rings is 1. The Labute approximate surface area is 150 Å². The third-order valence-electron chi connectivity index (χ3n) is 5.76. The van der Waals surface area contributed by atoms with Gasteiger partial charge in [-0.15, -0.1) is 0 Å². The minimum Gasteiger partial charge on any atom is -0.377 e. The lowest BCUT2D eigenvalue weighted by atomic mass is 9.56. The van der Waals surface area contributed by atoms with Crippen LogP contribution in [-0.2, 0) is 4.74 Å². The molecular weight excluding hydrogens is 338 g/mol. The SMILES string of the molecule is CN(C(=O)c1ccc2c(=O)[nH]c(=S)[nH]c2c1)C1C2CCOC2C1(C)C. The number of H-pyrrole nitrogens is 2. The fraction of sp³-hybridized carbons (Fsp3) is 0.500. The highest BCUT2D eigenvalue weighted by atomic mass is 32.1. The molecule has 2 aromatic rings. The zero-order valence-corrected chi connectivity index (χ0v) is 15.3. The Morgan fingerprint density at radius 3 is 2.88 bits per heavy atom. The second kappa shape index (κ2) is 5.51. The average Bonchev–Trinajstić information content (AvgIpc) is 2.99. The van der Waals surface area contributed by atoms with E-state index in [2.05, 4.69) is 23.8 Å². The summed E-state index contributed by atoms with van der Waals surface area (Å²) in [5.41, 5.74) is 0.809. The number of ether oxygens (including phenoxy) is 1. The summed E-state index contributed by atoms with van der Waals surface area (Å²) in [7, 11) is 1.85. The Kier molecular flexibility index (Phi) is 3.63. The molecule has 6 nitrogen and oxygen atoms in total. The van der Waals surface area contributed by atoms with Crippen LogP contribution in [0.5, 0.6) is 0 Å². The van der Waals surface area contributed by atoms with Crippen LogP contribution in [0.2, 0.25) is 0 Å². The summed E-state index contributed by atoms with van der Waals surface area (Å²) in [5.74, 6) is 0.350. The molecule has 0 spiro atoms. The molecule has 2 fully saturated rings. The van der Waals surface area contributed by atoms with E-state index in [1.807, 2.05) is 11.9 Å². The number of aromatic nitrogens is 2. The van der Waals surface area contributed by atoms with E-state index in [1.165, 1.54) is 0 Å². The van der Waals surface area contributed by atoms with Gasteiger partial charge in [0.05, 0.1) is 17.0 Å². The van der Waals surface area contributed by atoms with E-state index in [9.17, 15) is 9.59 Å². The van der Waals surface area contributed by atoms with E-state index in [0.717, 1.165) is 13.0 Å². The van der Waals surface area contributed by atoms with Crippen molar-refractivity contribution in [2.45, 2.75) is 32.4 Å². The predicted molar refractivity (Wildman–Crippen MR) is 97.3 cm³/mol. The topological polar surface area (TPSA) is 78.2 Å². The van der Waals surface area contributed by atoms with Crippen LogP contribution >= 0.6 is 12.2 Å². The van der Waals surface area contributed by atoms with Crippen molar-refractivity contribution >= 4 is 29.0 Å².